The maximum Gasteiger partial charge on any atom is 0.106 e. The minimum Gasteiger partial charge on any atom is -0.389 e. The lowest BCUT2D eigenvalue weighted by Crippen LogP contribution is -2.13. The Balaban J connectivity index is 2.10. The van der Waals surface area contributed by atoms with Crippen molar-refractivity contribution in [2.24, 2.45) is 5.73 Å². The van der Waals surface area contributed by atoms with Crippen molar-refractivity contribution in [1.29, 1.82) is 0 Å². The largest absolute Gasteiger partial charge is 0.389 e. The van der Waals surface area contributed by atoms with Gasteiger partial charge in [-0.25, -0.2) is 0 Å². The van der Waals surface area contributed by atoms with Gasteiger partial charge in [0.05, 0.1) is 36.0 Å². The van der Waals surface area contributed by atoms with Crippen LogP contribution in [0.15, 0.2) is 30.9 Å². The molecule has 5 nitrogen and oxygen atoms in total. The highest BCUT2D eigenvalue weighted by atomic mass is 32.1. The molecule has 92 valence electrons. The quantitative estimate of drug-likeness (QED) is 0.809. The first-order valence-corrected chi connectivity index (χ1v) is 5.83. The Hall–Kier alpha value is -2.08. The highest BCUT2D eigenvalue weighted by Crippen LogP contribution is 2.13. The zero-order chi connectivity index (χ0) is 13.0. The van der Waals surface area contributed by atoms with E-state index in [9.17, 15) is 0 Å². The van der Waals surface area contributed by atoms with E-state index in [4.69, 9.17) is 18.0 Å². The van der Waals surface area contributed by atoms with Crippen molar-refractivity contribution < 1.29 is 0 Å². The Kier molecular flexibility index (Phi) is 3.78. The molecule has 0 unspecified atom stereocenters. The Morgan fingerprint density at radius 3 is 2.83 bits per heavy atom. The van der Waals surface area contributed by atoms with Crippen molar-refractivity contribution in [1.82, 2.24) is 15.0 Å². The first kappa shape index (κ1) is 12.4. The van der Waals surface area contributed by atoms with Gasteiger partial charge in [0.1, 0.15) is 4.99 Å². The molecule has 6 heteroatoms. The molecule has 2 aromatic heterocycles. The number of hydrogen-bond donors (Lipinski definition) is 2. The van der Waals surface area contributed by atoms with Gasteiger partial charge in [0.25, 0.3) is 0 Å². The molecule has 0 fully saturated rings. The van der Waals surface area contributed by atoms with E-state index >= 15 is 0 Å². The SMILES string of the molecule is Cc1cnc(CNc2cnccc2C(N)=S)cn1. The number of aryl methyl sites for hydroxylation is 1. The van der Waals surface area contributed by atoms with Crippen molar-refractivity contribution in [3.05, 3.63) is 47.8 Å². The molecular weight excluding hydrogens is 246 g/mol. The predicted octanol–water partition coefficient (Wildman–Crippen LogP) is 1.43. The molecule has 0 aromatic carbocycles. The second-order valence-corrected chi connectivity index (χ2v) is 4.23. The Morgan fingerprint density at radius 2 is 2.17 bits per heavy atom. The summed E-state index contributed by atoms with van der Waals surface area (Å²) in [5.41, 5.74) is 8.95. The smallest absolute Gasteiger partial charge is 0.106 e. The van der Waals surface area contributed by atoms with Crippen LogP contribution in [-0.2, 0) is 6.54 Å². The topological polar surface area (TPSA) is 76.7 Å². The van der Waals surface area contributed by atoms with Crippen molar-refractivity contribution in [3.8, 4) is 0 Å². The number of thiocarbonyl (C=S) groups is 1. The zero-order valence-electron chi connectivity index (χ0n) is 9.92. The molecule has 2 heterocycles. The predicted molar refractivity (Wildman–Crippen MR) is 74.2 cm³/mol. The van der Waals surface area contributed by atoms with Crippen LogP contribution in [0.5, 0.6) is 0 Å². The third-order valence-electron chi connectivity index (χ3n) is 2.38. The van der Waals surface area contributed by atoms with Gasteiger partial charge in [-0.3, -0.25) is 15.0 Å². The standard InChI is InChI=1S/C12H13N5S/c1-8-4-16-9(5-15-8)6-17-11-7-14-3-2-10(11)12(13)18/h2-5,7,17H,6H2,1H3,(H2,13,18). The number of hydrogen-bond acceptors (Lipinski definition) is 5. The molecule has 0 amide bonds. The van der Waals surface area contributed by atoms with Gasteiger partial charge in [-0.05, 0) is 13.0 Å². The zero-order valence-corrected chi connectivity index (χ0v) is 10.7. The van der Waals surface area contributed by atoms with Crippen LogP contribution in [0.1, 0.15) is 17.0 Å². The van der Waals surface area contributed by atoms with Gasteiger partial charge in [0, 0.05) is 18.0 Å². The summed E-state index contributed by atoms with van der Waals surface area (Å²) >= 11 is 4.98. The summed E-state index contributed by atoms with van der Waals surface area (Å²) in [5, 5.41) is 3.20. The Bertz CT molecular complexity index is 553. The average Bonchev–Trinajstić information content (AvgIpc) is 2.38. The second-order valence-electron chi connectivity index (χ2n) is 3.79. The third kappa shape index (κ3) is 2.98. The van der Waals surface area contributed by atoms with E-state index in [2.05, 4.69) is 20.3 Å². The number of rotatable bonds is 4. The van der Waals surface area contributed by atoms with Crippen LogP contribution in [0.25, 0.3) is 0 Å². The van der Waals surface area contributed by atoms with E-state index in [1.807, 2.05) is 6.92 Å². The first-order valence-electron chi connectivity index (χ1n) is 5.42. The average molecular weight is 259 g/mol. The van der Waals surface area contributed by atoms with E-state index in [0.717, 1.165) is 22.6 Å². The molecule has 0 aliphatic carbocycles. The fraction of sp³-hybridized carbons (Fsp3) is 0.167. The number of nitrogens with one attached hydrogen (secondary N) is 1. The van der Waals surface area contributed by atoms with Gasteiger partial charge in [0.2, 0.25) is 0 Å². The number of aromatic nitrogens is 3. The van der Waals surface area contributed by atoms with Crippen LogP contribution < -0.4 is 11.1 Å². The number of nitrogens with zero attached hydrogens (tertiary/aromatic N) is 3. The van der Waals surface area contributed by atoms with Crippen molar-refractivity contribution in [2.75, 3.05) is 5.32 Å². The molecule has 0 radical (unpaired) electrons. The van der Waals surface area contributed by atoms with Crippen LogP contribution >= 0.6 is 12.2 Å². The molecule has 2 aromatic rings. The van der Waals surface area contributed by atoms with Crippen molar-refractivity contribution >= 4 is 22.9 Å². The molecule has 0 aliphatic rings. The Morgan fingerprint density at radius 1 is 1.33 bits per heavy atom. The van der Waals surface area contributed by atoms with Crippen LogP contribution in [0.4, 0.5) is 5.69 Å². The summed E-state index contributed by atoms with van der Waals surface area (Å²) < 4.78 is 0. The van der Waals surface area contributed by atoms with Gasteiger partial charge < -0.3 is 11.1 Å². The molecule has 0 bridgehead atoms. The summed E-state index contributed by atoms with van der Waals surface area (Å²) in [4.78, 5) is 12.8. The fourth-order valence-corrected chi connectivity index (χ4v) is 1.62. The molecular formula is C12H13N5S. The molecule has 0 saturated heterocycles. The lowest BCUT2D eigenvalue weighted by molar-refractivity contribution is 0.982. The van der Waals surface area contributed by atoms with E-state index in [1.54, 1.807) is 30.9 Å². The molecule has 0 aliphatic heterocycles. The highest BCUT2D eigenvalue weighted by Gasteiger charge is 2.04. The minimum atomic E-state index is 0.342. The van der Waals surface area contributed by atoms with E-state index in [1.165, 1.54) is 0 Å². The monoisotopic (exact) mass is 259 g/mol. The lowest BCUT2D eigenvalue weighted by atomic mass is 10.2. The van der Waals surface area contributed by atoms with Gasteiger partial charge in [-0.1, -0.05) is 12.2 Å². The summed E-state index contributed by atoms with van der Waals surface area (Å²) in [6.45, 7) is 2.45. The van der Waals surface area contributed by atoms with Gasteiger partial charge in [-0.15, -0.1) is 0 Å². The van der Waals surface area contributed by atoms with Crippen molar-refractivity contribution in [2.45, 2.75) is 13.5 Å². The van der Waals surface area contributed by atoms with Crippen LogP contribution in [0.2, 0.25) is 0 Å². The fourth-order valence-electron chi connectivity index (χ4n) is 1.45. The minimum absolute atomic E-state index is 0.342. The van der Waals surface area contributed by atoms with Crippen LogP contribution in [0, 0.1) is 6.92 Å². The summed E-state index contributed by atoms with van der Waals surface area (Å²) in [6.07, 6.45) is 6.81. The number of pyridine rings is 1. The van der Waals surface area contributed by atoms with Gasteiger partial charge in [0.15, 0.2) is 0 Å². The summed E-state index contributed by atoms with van der Waals surface area (Å²) in [6, 6.07) is 1.78. The third-order valence-corrected chi connectivity index (χ3v) is 2.60. The molecule has 3 N–H and O–H groups in total. The van der Waals surface area contributed by atoms with Gasteiger partial charge >= 0.3 is 0 Å². The molecule has 0 atom stereocenters. The van der Waals surface area contributed by atoms with Crippen molar-refractivity contribution in [3.63, 3.8) is 0 Å². The normalized spacial score (nSPS) is 10.1. The first-order chi connectivity index (χ1) is 8.66. The second kappa shape index (κ2) is 5.50. The lowest BCUT2D eigenvalue weighted by Gasteiger charge is -2.09. The van der Waals surface area contributed by atoms with E-state index < -0.39 is 0 Å². The summed E-state index contributed by atoms with van der Waals surface area (Å²) in [7, 11) is 0. The van der Waals surface area contributed by atoms with E-state index in [-0.39, 0.29) is 0 Å². The maximum atomic E-state index is 5.64. The molecule has 0 spiro atoms. The van der Waals surface area contributed by atoms with Crippen LogP contribution in [-0.4, -0.2) is 19.9 Å². The van der Waals surface area contributed by atoms with Gasteiger partial charge in [-0.2, -0.15) is 0 Å². The molecule has 0 saturated carbocycles. The molecule has 18 heavy (non-hydrogen) atoms. The number of anilines is 1. The molecule has 2 rings (SSSR count). The van der Waals surface area contributed by atoms with E-state index in [0.29, 0.717) is 11.5 Å². The summed E-state index contributed by atoms with van der Waals surface area (Å²) in [5.74, 6) is 0. The highest BCUT2D eigenvalue weighted by molar-refractivity contribution is 7.80. The van der Waals surface area contributed by atoms with Crippen LogP contribution in [0.3, 0.4) is 0 Å². The Labute approximate surface area is 110 Å². The number of nitrogens with two attached hydrogens (primary N) is 1. The maximum absolute atomic E-state index is 5.64.